The molecule has 0 spiro atoms. The third kappa shape index (κ3) is 2.57. The molecular formula is C15H12N2O3S. The Kier molecular flexibility index (Phi) is 3.53. The molecule has 3 aromatic rings. The third-order valence-electron chi connectivity index (χ3n) is 3.09. The van der Waals surface area contributed by atoms with E-state index >= 15 is 0 Å². The van der Waals surface area contributed by atoms with Crippen LogP contribution in [0.5, 0.6) is 0 Å². The number of thiophene rings is 1. The third-order valence-corrected chi connectivity index (χ3v) is 4.25. The van der Waals surface area contributed by atoms with E-state index in [9.17, 15) is 9.59 Å². The Morgan fingerprint density at radius 1 is 1.33 bits per heavy atom. The number of rotatable bonds is 3. The number of aromatic nitrogens is 2. The Balaban J connectivity index is 2.08. The smallest absolute Gasteiger partial charge is 0.325 e. The highest BCUT2D eigenvalue weighted by Gasteiger charge is 2.12. The number of nitrogens with zero attached hydrogens (tertiary/aromatic N) is 2. The lowest BCUT2D eigenvalue weighted by Gasteiger charge is -2.02. The van der Waals surface area contributed by atoms with Crippen LogP contribution in [0.4, 0.5) is 0 Å². The molecule has 5 nitrogen and oxygen atoms in total. The number of methoxy groups -OCH3 is 1. The van der Waals surface area contributed by atoms with Gasteiger partial charge in [-0.25, -0.2) is 4.98 Å². The highest BCUT2D eigenvalue weighted by Crippen LogP contribution is 2.30. The van der Waals surface area contributed by atoms with Crippen LogP contribution in [0.2, 0.25) is 0 Å². The summed E-state index contributed by atoms with van der Waals surface area (Å²) in [6, 6.07) is 11.7. The van der Waals surface area contributed by atoms with Crippen molar-refractivity contribution in [1.82, 2.24) is 9.55 Å². The van der Waals surface area contributed by atoms with Crippen LogP contribution >= 0.6 is 11.3 Å². The Morgan fingerprint density at radius 3 is 2.81 bits per heavy atom. The van der Waals surface area contributed by atoms with Gasteiger partial charge in [-0.2, -0.15) is 0 Å². The first-order chi connectivity index (χ1) is 10.2. The average molecular weight is 300 g/mol. The second kappa shape index (κ2) is 5.49. The van der Waals surface area contributed by atoms with Gasteiger partial charge in [-0.1, -0.05) is 30.3 Å². The SMILES string of the molecule is COC(=O)Cn1cnc2cc(-c3ccccc3)sc2c1=O. The van der Waals surface area contributed by atoms with Crippen LogP contribution in [-0.4, -0.2) is 22.6 Å². The molecule has 21 heavy (non-hydrogen) atoms. The molecule has 0 aliphatic heterocycles. The van der Waals surface area contributed by atoms with E-state index in [1.807, 2.05) is 36.4 Å². The second-order valence-corrected chi connectivity index (χ2v) is 5.50. The van der Waals surface area contributed by atoms with Gasteiger partial charge in [0, 0.05) is 4.88 Å². The molecule has 0 radical (unpaired) electrons. The molecule has 3 rings (SSSR count). The van der Waals surface area contributed by atoms with Crippen LogP contribution in [-0.2, 0) is 16.1 Å². The molecule has 6 heteroatoms. The Morgan fingerprint density at radius 2 is 2.10 bits per heavy atom. The van der Waals surface area contributed by atoms with Crippen molar-refractivity contribution in [3.63, 3.8) is 0 Å². The van der Waals surface area contributed by atoms with E-state index in [4.69, 9.17) is 0 Å². The number of hydrogen-bond acceptors (Lipinski definition) is 5. The lowest BCUT2D eigenvalue weighted by molar-refractivity contribution is -0.141. The number of hydrogen-bond donors (Lipinski definition) is 0. The van der Waals surface area contributed by atoms with Gasteiger partial charge in [0.15, 0.2) is 0 Å². The van der Waals surface area contributed by atoms with E-state index < -0.39 is 5.97 Å². The summed E-state index contributed by atoms with van der Waals surface area (Å²) in [6.45, 7) is -0.128. The summed E-state index contributed by atoms with van der Waals surface area (Å²) in [5.41, 5.74) is 1.46. The van der Waals surface area contributed by atoms with Gasteiger partial charge in [-0.05, 0) is 11.6 Å². The van der Waals surface area contributed by atoms with Crippen molar-refractivity contribution in [3.8, 4) is 10.4 Å². The lowest BCUT2D eigenvalue weighted by Crippen LogP contribution is -2.24. The summed E-state index contributed by atoms with van der Waals surface area (Å²) >= 11 is 1.38. The largest absolute Gasteiger partial charge is 0.468 e. The predicted octanol–water partition coefficient (Wildman–Crippen LogP) is 2.30. The van der Waals surface area contributed by atoms with Crippen molar-refractivity contribution in [3.05, 3.63) is 53.1 Å². The van der Waals surface area contributed by atoms with Crippen molar-refractivity contribution in [1.29, 1.82) is 0 Å². The van der Waals surface area contributed by atoms with E-state index in [2.05, 4.69) is 9.72 Å². The molecule has 0 saturated heterocycles. The molecule has 106 valence electrons. The number of carbonyl (C=O) groups excluding carboxylic acids is 1. The van der Waals surface area contributed by atoms with Crippen LogP contribution in [0.25, 0.3) is 20.7 Å². The Labute approximate surface area is 124 Å². The van der Waals surface area contributed by atoms with Gasteiger partial charge in [-0.3, -0.25) is 14.2 Å². The zero-order valence-corrected chi connectivity index (χ0v) is 12.1. The van der Waals surface area contributed by atoms with Gasteiger partial charge < -0.3 is 4.74 Å². The number of esters is 1. The van der Waals surface area contributed by atoms with E-state index in [-0.39, 0.29) is 12.1 Å². The van der Waals surface area contributed by atoms with Crippen LogP contribution in [0.15, 0.2) is 47.5 Å². The molecule has 2 heterocycles. The molecule has 0 bridgehead atoms. The Hall–Kier alpha value is -2.47. The van der Waals surface area contributed by atoms with Crippen molar-refractivity contribution in [2.24, 2.45) is 0 Å². The van der Waals surface area contributed by atoms with Crippen molar-refractivity contribution >= 4 is 27.5 Å². The minimum Gasteiger partial charge on any atom is -0.468 e. The molecule has 2 aromatic heterocycles. The molecular weight excluding hydrogens is 288 g/mol. The van der Waals surface area contributed by atoms with Crippen molar-refractivity contribution in [2.45, 2.75) is 6.54 Å². The predicted molar refractivity (Wildman–Crippen MR) is 81.3 cm³/mol. The van der Waals surface area contributed by atoms with Crippen LogP contribution < -0.4 is 5.56 Å². The second-order valence-electron chi connectivity index (χ2n) is 4.44. The van der Waals surface area contributed by atoms with Crippen LogP contribution in [0.3, 0.4) is 0 Å². The normalized spacial score (nSPS) is 10.7. The van der Waals surface area contributed by atoms with E-state index in [1.165, 1.54) is 29.3 Å². The fourth-order valence-corrected chi connectivity index (χ4v) is 3.07. The number of ether oxygens (including phenoxy) is 1. The fraction of sp³-hybridized carbons (Fsp3) is 0.133. The van der Waals surface area contributed by atoms with Crippen molar-refractivity contribution < 1.29 is 9.53 Å². The van der Waals surface area contributed by atoms with Crippen LogP contribution in [0.1, 0.15) is 0 Å². The Bertz CT molecular complexity index is 852. The summed E-state index contributed by atoms with van der Waals surface area (Å²) in [6.07, 6.45) is 1.38. The summed E-state index contributed by atoms with van der Waals surface area (Å²) < 4.78 is 6.38. The molecule has 0 fully saturated rings. The number of benzene rings is 1. The minimum absolute atomic E-state index is 0.128. The average Bonchev–Trinajstić information content (AvgIpc) is 2.96. The lowest BCUT2D eigenvalue weighted by atomic mass is 10.2. The van der Waals surface area contributed by atoms with Crippen molar-refractivity contribution in [2.75, 3.05) is 7.11 Å². The van der Waals surface area contributed by atoms with Gasteiger partial charge in [0.2, 0.25) is 0 Å². The minimum atomic E-state index is -0.474. The van der Waals surface area contributed by atoms with Gasteiger partial charge in [0.05, 0.1) is 19.0 Å². The molecule has 1 aromatic carbocycles. The highest BCUT2D eigenvalue weighted by atomic mass is 32.1. The zero-order valence-electron chi connectivity index (χ0n) is 11.3. The first kappa shape index (κ1) is 13.5. The van der Waals surface area contributed by atoms with E-state index in [0.717, 1.165) is 10.4 Å². The summed E-state index contributed by atoms with van der Waals surface area (Å²) in [4.78, 5) is 28.9. The fourth-order valence-electron chi connectivity index (χ4n) is 2.01. The number of fused-ring (bicyclic) bond motifs is 1. The summed E-state index contributed by atoms with van der Waals surface area (Å²) in [5, 5.41) is 0. The number of carbonyl (C=O) groups is 1. The van der Waals surface area contributed by atoms with E-state index in [1.54, 1.807) is 0 Å². The molecule has 0 unspecified atom stereocenters. The summed E-state index contributed by atoms with van der Waals surface area (Å²) in [5.74, 6) is -0.474. The van der Waals surface area contributed by atoms with Crippen LogP contribution in [0, 0.1) is 0 Å². The van der Waals surface area contributed by atoms with Gasteiger partial charge >= 0.3 is 5.97 Å². The zero-order chi connectivity index (χ0) is 14.8. The van der Waals surface area contributed by atoms with E-state index in [0.29, 0.717) is 10.2 Å². The highest BCUT2D eigenvalue weighted by molar-refractivity contribution is 7.22. The summed E-state index contributed by atoms with van der Waals surface area (Å²) in [7, 11) is 1.29. The van der Waals surface area contributed by atoms with Gasteiger partial charge in [0.1, 0.15) is 11.2 Å². The monoisotopic (exact) mass is 300 g/mol. The van der Waals surface area contributed by atoms with Gasteiger partial charge in [0.25, 0.3) is 5.56 Å². The molecule has 0 saturated carbocycles. The standard InChI is InChI=1S/C15H12N2O3S/c1-20-13(18)8-17-9-16-11-7-12(21-14(11)15(17)19)10-5-3-2-4-6-10/h2-7,9H,8H2,1H3. The maximum absolute atomic E-state index is 12.4. The first-order valence-electron chi connectivity index (χ1n) is 6.30. The maximum atomic E-state index is 12.4. The molecule has 0 aliphatic carbocycles. The quantitative estimate of drug-likeness (QED) is 0.696. The maximum Gasteiger partial charge on any atom is 0.325 e. The van der Waals surface area contributed by atoms with Gasteiger partial charge in [-0.15, -0.1) is 11.3 Å². The molecule has 0 atom stereocenters. The molecule has 0 aliphatic rings. The molecule has 0 N–H and O–H groups in total. The first-order valence-corrected chi connectivity index (χ1v) is 7.12. The topological polar surface area (TPSA) is 61.2 Å². The molecule has 0 amide bonds.